The van der Waals surface area contributed by atoms with E-state index in [-0.39, 0.29) is 0 Å². The maximum Gasteiger partial charge on any atom is 0.0715 e. The standard InChI is InChI=1S/C13H16BrN3/c1-9-13(10-4-3-5-11(14)8-10)12(17-16-9)6-7-15-2/h3-5,8,15H,6-7H2,1-2H3,(H,16,17). The van der Waals surface area contributed by atoms with Gasteiger partial charge < -0.3 is 5.32 Å². The summed E-state index contributed by atoms with van der Waals surface area (Å²) in [6, 6.07) is 8.33. The molecule has 0 unspecified atom stereocenters. The van der Waals surface area contributed by atoms with Gasteiger partial charge in [-0.25, -0.2) is 0 Å². The molecule has 0 saturated heterocycles. The van der Waals surface area contributed by atoms with Gasteiger partial charge in [0.2, 0.25) is 0 Å². The Bertz CT molecular complexity index is 505. The van der Waals surface area contributed by atoms with Crippen LogP contribution in [0.25, 0.3) is 11.1 Å². The number of aromatic nitrogens is 2. The van der Waals surface area contributed by atoms with Gasteiger partial charge in [0.05, 0.1) is 5.69 Å². The third-order valence-electron chi connectivity index (χ3n) is 2.75. The van der Waals surface area contributed by atoms with Crippen LogP contribution in [0.2, 0.25) is 0 Å². The van der Waals surface area contributed by atoms with Crippen LogP contribution in [0.15, 0.2) is 28.7 Å². The number of nitrogens with one attached hydrogen (secondary N) is 2. The van der Waals surface area contributed by atoms with Crippen LogP contribution in [0.4, 0.5) is 0 Å². The maximum absolute atomic E-state index is 4.38. The Labute approximate surface area is 110 Å². The highest BCUT2D eigenvalue weighted by Gasteiger charge is 2.11. The van der Waals surface area contributed by atoms with Crippen LogP contribution in [0.5, 0.6) is 0 Å². The first kappa shape index (κ1) is 12.3. The Hall–Kier alpha value is -1.13. The van der Waals surface area contributed by atoms with Gasteiger partial charge in [0.15, 0.2) is 0 Å². The number of rotatable bonds is 4. The summed E-state index contributed by atoms with van der Waals surface area (Å²) in [5.74, 6) is 0. The Kier molecular flexibility index (Phi) is 3.97. The first-order valence-corrected chi connectivity index (χ1v) is 6.46. The highest BCUT2D eigenvalue weighted by Crippen LogP contribution is 2.28. The molecule has 0 aliphatic carbocycles. The highest BCUT2D eigenvalue weighted by atomic mass is 79.9. The van der Waals surface area contributed by atoms with Gasteiger partial charge in [0.1, 0.15) is 0 Å². The van der Waals surface area contributed by atoms with Crippen molar-refractivity contribution in [2.45, 2.75) is 13.3 Å². The summed E-state index contributed by atoms with van der Waals surface area (Å²) in [5.41, 5.74) is 4.67. The zero-order valence-corrected chi connectivity index (χ0v) is 11.6. The molecule has 2 rings (SSSR count). The van der Waals surface area contributed by atoms with Gasteiger partial charge in [-0.2, -0.15) is 5.10 Å². The molecule has 0 saturated carbocycles. The predicted molar refractivity (Wildman–Crippen MR) is 74.1 cm³/mol. The van der Waals surface area contributed by atoms with E-state index < -0.39 is 0 Å². The summed E-state index contributed by atoms with van der Waals surface area (Å²) >= 11 is 3.51. The fourth-order valence-electron chi connectivity index (χ4n) is 1.93. The molecule has 17 heavy (non-hydrogen) atoms. The molecule has 90 valence electrons. The summed E-state index contributed by atoms with van der Waals surface area (Å²) in [6.45, 7) is 3.00. The lowest BCUT2D eigenvalue weighted by atomic mass is 10.0. The van der Waals surface area contributed by atoms with Crippen molar-refractivity contribution in [2.24, 2.45) is 0 Å². The second-order valence-corrected chi connectivity index (χ2v) is 4.95. The second-order valence-electron chi connectivity index (χ2n) is 4.03. The van der Waals surface area contributed by atoms with E-state index in [0.29, 0.717) is 0 Å². The molecule has 2 aromatic rings. The quantitative estimate of drug-likeness (QED) is 0.910. The van der Waals surface area contributed by atoms with Gasteiger partial charge in [-0.05, 0) is 31.7 Å². The van der Waals surface area contributed by atoms with Crippen LogP contribution in [-0.2, 0) is 6.42 Å². The van der Waals surface area contributed by atoms with Gasteiger partial charge in [-0.15, -0.1) is 0 Å². The minimum Gasteiger partial charge on any atom is -0.319 e. The van der Waals surface area contributed by atoms with Crippen LogP contribution in [-0.4, -0.2) is 23.8 Å². The Morgan fingerprint density at radius 3 is 2.94 bits per heavy atom. The maximum atomic E-state index is 4.38. The van der Waals surface area contributed by atoms with Crippen LogP contribution >= 0.6 is 15.9 Å². The first-order chi connectivity index (χ1) is 8.22. The SMILES string of the molecule is CNCCc1n[nH]c(C)c1-c1cccc(Br)c1. The molecular formula is C13H16BrN3. The molecule has 1 heterocycles. The molecular weight excluding hydrogens is 278 g/mol. The molecule has 0 amide bonds. The van der Waals surface area contributed by atoms with E-state index in [4.69, 9.17) is 0 Å². The molecule has 0 radical (unpaired) electrons. The molecule has 4 heteroatoms. The number of H-pyrrole nitrogens is 1. The average molecular weight is 294 g/mol. The highest BCUT2D eigenvalue weighted by molar-refractivity contribution is 9.10. The number of nitrogens with zero attached hydrogens (tertiary/aromatic N) is 1. The summed E-state index contributed by atoms with van der Waals surface area (Å²) in [6.07, 6.45) is 0.933. The Morgan fingerprint density at radius 1 is 1.41 bits per heavy atom. The minimum absolute atomic E-state index is 0.933. The van der Waals surface area contributed by atoms with E-state index in [1.807, 2.05) is 19.2 Å². The summed E-state index contributed by atoms with van der Waals surface area (Å²) in [5, 5.41) is 10.6. The molecule has 0 aliphatic heterocycles. The first-order valence-electron chi connectivity index (χ1n) is 5.66. The lowest BCUT2D eigenvalue weighted by Crippen LogP contribution is -2.11. The monoisotopic (exact) mass is 293 g/mol. The van der Waals surface area contributed by atoms with Crippen molar-refractivity contribution in [3.05, 3.63) is 40.1 Å². The molecule has 0 fully saturated rings. The number of aromatic amines is 1. The van der Waals surface area contributed by atoms with Crippen molar-refractivity contribution in [3.63, 3.8) is 0 Å². The molecule has 0 bridgehead atoms. The Morgan fingerprint density at radius 2 is 2.24 bits per heavy atom. The van der Waals surface area contributed by atoms with E-state index in [0.717, 1.165) is 28.8 Å². The topological polar surface area (TPSA) is 40.7 Å². The minimum atomic E-state index is 0.933. The van der Waals surface area contributed by atoms with Crippen molar-refractivity contribution in [1.29, 1.82) is 0 Å². The van der Waals surface area contributed by atoms with Gasteiger partial charge >= 0.3 is 0 Å². The van der Waals surface area contributed by atoms with E-state index in [9.17, 15) is 0 Å². The van der Waals surface area contributed by atoms with E-state index in [1.54, 1.807) is 0 Å². The number of halogens is 1. The van der Waals surface area contributed by atoms with Crippen molar-refractivity contribution in [3.8, 4) is 11.1 Å². The number of aryl methyl sites for hydroxylation is 1. The largest absolute Gasteiger partial charge is 0.319 e. The van der Waals surface area contributed by atoms with Crippen LogP contribution in [0, 0.1) is 6.92 Å². The molecule has 0 aliphatic rings. The molecule has 0 atom stereocenters. The van der Waals surface area contributed by atoms with Gasteiger partial charge in [0.25, 0.3) is 0 Å². The van der Waals surface area contributed by atoms with Crippen molar-refractivity contribution < 1.29 is 0 Å². The third kappa shape index (κ3) is 2.76. The average Bonchev–Trinajstić information content (AvgIpc) is 2.68. The summed E-state index contributed by atoms with van der Waals surface area (Å²) in [4.78, 5) is 0. The van der Waals surface area contributed by atoms with Gasteiger partial charge in [0, 0.05) is 28.7 Å². The number of hydrogen-bond acceptors (Lipinski definition) is 2. The van der Waals surface area contributed by atoms with E-state index in [2.05, 4.69) is 50.5 Å². The fraction of sp³-hybridized carbons (Fsp3) is 0.308. The molecule has 0 spiro atoms. The number of hydrogen-bond donors (Lipinski definition) is 2. The molecule has 3 nitrogen and oxygen atoms in total. The van der Waals surface area contributed by atoms with Crippen molar-refractivity contribution >= 4 is 15.9 Å². The van der Waals surface area contributed by atoms with E-state index >= 15 is 0 Å². The molecule has 1 aromatic carbocycles. The molecule has 2 N–H and O–H groups in total. The Balaban J connectivity index is 2.39. The summed E-state index contributed by atoms with van der Waals surface area (Å²) < 4.78 is 1.09. The lowest BCUT2D eigenvalue weighted by molar-refractivity contribution is 0.773. The zero-order valence-electron chi connectivity index (χ0n) is 10.0. The van der Waals surface area contributed by atoms with E-state index in [1.165, 1.54) is 11.1 Å². The zero-order chi connectivity index (χ0) is 12.3. The smallest absolute Gasteiger partial charge is 0.0715 e. The normalized spacial score (nSPS) is 10.8. The van der Waals surface area contributed by atoms with Crippen LogP contribution in [0.1, 0.15) is 11.4 Å². The lowest BCUT2D eigenvalue weighted by Gasteiger charge is -2.04. The van der Waals surface area contributed by atoms with Crippen molar-refractivity contribution in [1.82, 2.24) is 15.5 Å². The van der Waals surface area contributed by atoms with Crippen molar-refractivity contribution in [2.75, 3.05) is 13.6 Å². The predicted octanol–water partition coefficient (Wildman–Crippen LogP) is 2.91. The van der Waals surface area contributed by atoms with Crippen LogP contribution in [0.3, 0.4) is 0 Å². The van der Waals surface area contributed by atoms with Gasteiger partial charge in [-0.1, -0.05) is 28.1 Å². The molecule has 1 aromatic heterocycles. The van der Waals surface area contributed by atoms with Gasteiger partial charge in [-0.3, -0.25) is 5.10 Å². The van der Waals surface area contributed by atoms with Crippen LogP contribution < -0.4 is 5.32 Å². The number of likely N-dealkylation sites (N-methyl/N-ethyl adjacent to an activating group) is 1. The number of benzene rings is 1. The fourth-order valence-corrected chi connectivity index (χ4v) is 2.33. The second kappa shape index (κ2) is 5.47. The third-order valence-corrected chi connectivity index (χ3v) is 3.24. The summed E-state index contributed by atoms with van der Waals surface area (Å²) in [7, 11) is 1.96.